The molecule has 0 spiro atoms. The first-order valence-electron chi connectivity index (χ1n) is 10.5. The Kier molecular flexibility index (Phi) is 5.48. The molecule has 0 radical (unpaired) electrons. The van der Waals surface area contributed by atoms with Crippen molar-refractivity contribution in [1.82, 2.24) is 15.1 Å². The molecule has 27 heavy (non-hydrogen) atoms. The number of hydrogen-bond donors (Lipinski definition) is 1. The van der Waals surface area contributed by atoms with Crippen LogP contribution in [0.15, 0.2) is 30.3 Å². The van der Waals surface area contributed by atoms with Gasteiger partial charge in [-0.1, -0.05) is 31.0 Å². The molecule has 3 fully saturated rings. The minimum atomic E-state index is -0.290. The highest BCUT2D eigenvalue weighted by Crippen LogP contribution is 2.41. The van der Waals surface area contributed by atoms with Crippen molar-refractivity contribution in [3.63, 3.8) is 0 Å². The number of benzene rings is 1. The van der Waals surface area contributed by atoms with Crippen molar-refractivity contribution in [2.24, 2.45) is 5.92 Å². The van der Waals surface area contributed by atoms with Crippen LogP contribution >= 0.6 is 0 Å². The van der Waals surface area contributed by atoms with Crippen molar-refractivity contribution in [2.45, 2.75) is 63.1 Å². The number of fused-ring (bicyclic) bond motifs is 1. The van der Waals surface area contributed by atoms with E-state index in [0.29, 0.717) is 17.5 Å². The molecule has 1 saturated carbocycles. The van der Waals surface area contributed by atoms with Gasteiger partial charge < -0.3 is 15.1 Å². The van der Waals surface area contributed by atoms with Gasteiger partial charge in [0.2, 0.25) is 5.91 Å². The SMILES string of the molecule is CNC1CCCN(C(=O)C2CC3CCCCC3N2C(=O)c2ccccc2)C1. The Hall–Kier alpha value is -1.88. The summed E-state index contributed by atoms with van der Waals surface area (Å²) in [6, 6.07) is 9.78. The minimum absolute atomic E-state index is 0.0329. The van der Waals surface area contributed by atoms with E-state index in [-0.39, 0.29) is 23.9 Å². The third kappa shape index (κ3) is 3.62. The summed E-state index contributed by atoms with van der Waals surface area (Å²) in [5, 5.41) is 3.31. The molecule has 2 heterocycles. The number of hydrogen-bond acceptors (Lipinski definition) is 3. The summed E-state index contributed by atoms with van der Waals surface area (Å²) >= 11 is 0. The van der Waals surface area contributed by atoms with Crippen LogP contribution in [-0.4, -0.2) is 59.9 Å². The summed E-state index contributed by atoms with van der Waals surface area (Å²) < 4.78 is 0. The van der Waals surface area contributed by atoms with Gasteiger partial charge in [0.1, 0.15) is 6.04 Å². The zero-order chi connectivity index (χ0) is 18.8. The van der Waals surface area contributed by atoms with Gasteiger partial charge in [-0.2, -0.15) is 0 Å². The second-order valence-corrected chi connectivity index (χ2v) is 8.35. The fourth-order valence-electron chi connectivity index (χ4n) is 5.33. The molecule has 5 nitrogen and oxygen atoms in total. The van der Waals surface area contributed by atoms with Gasteiger partial charge >= 0.3 is 0 Å². The van der Waals surface area contributed by atoms with E-state index >= 15 is 0 Å². The lowest BCUT2D eigenvalue weighted by atomic mass is 9.84. The molecule has 1 N–H and O–H groups in total. The van der Waals surface area contributed by atoms with Crippen molar-refractivity contribution < 1.29 is 9.59 Å². The molecule has 2 saturated heterocycles. The predicted molar refractivity (Wildman–Crippen MR) is 105 cm³/mol. The van der Waals surface area contributed by atoms with Crippen LogP contribution in [0.3, 0.4) is 0 Å². The number of carbonyl (C=O) groups is 2. The molecule has 2 aliphatic heterocycles. The van der Waals surface area contributed by atoms with Crippen LogP contribution < -0.4 is 5.32 Å². The summed E-state index contributed by atoms with van der Waals surface area (Å²) in [4.78, 5) is 30.8. The summed E-state index contributed by atoms with van der Waals surface area (Å²) in [7, 11) is 1.97. The Labute approximate surface area is 162 Å². The lowest BCUT2D eigenvalue weighted by Crippen LogP contribution is -2.54. The van der Waals surface area contributed by atoms with Gasteiger partial charge in [-0.25, -0.2) is 0 Å². The molecule has 5 heteroatoms. The van der Waals surface area contributed by atoms with Gasteiger partial charge in [0.25, 0.3) is 5.91 Å². The molecule has 1 aromatic rings. The standard InChI is InChI=1S/C22H31N3O2/c1-23-18-11-7-13-24(15-18)22(27)20-14-17-10-5-6-12-19(17)25(20)21(26)16-8-3-2-4-9-16/h2-4,8-9,17-20,23H,5-7,10-15H2,1H3. The third-order valence-electron chi connectivity index (χ3n) is 6.77. The second kappa shape index (κ2) is 8.01. The van der Waals surface area contributed by atoms with Crippen molar-refractivity contribution in [3.8, 4) is 0 Å². The highest BCUT2D eigenvalue weighted by molar-refractivity contribution is 5.98. The average molecular weight is 370 g/mol. The van der Waals surface area contributed by atoms with Crippen LogP contribution in [-0.2, 0) is 4.79 Å². The highest BCUT2D eigenvalue weighted by Gasteiger charge is 2.48. The molecule has 4 rings (SSSR count). The molecular weight excluding hydrogens is 338 g/mol. The van der Waals surface area contributed by atoms with Gasteiger partial charge in [-0.15, -0.1) is 0 Å². The van der Waals surface area contributed by atoms with Crippen molar-refractivity contribution in [1.29, 1.82) is 0 Å². The number of nitrogens with zero attached hydrogens (tertiary/aromatic N) is 2. The summed E-state index contributed by atoms with van der Waals surface area (Å²) in [6.45, 7) is 1.57. The molecule has 1 aliphatic carbocycles. The van der Waals surface area contributed by atoms with E-state index in [4.69, 9.17) is 0 Å². The van der Waals surface area contributed by atoms with E-state index in [1.165, 1.54) is 6.42 Å². The van der Waals surface area contributed by atoms with Crippen LogP contribution in [0.5, 0.6) is 0 Å². The Morgan fingerprint density at radius 1 is 1.04 bits per heavy atom. The van der Waals surface area contributed by atoms with E-state index in [0.717, 1.165) is 51.6 Å². The summed E-state index contributed by atoms with van der Waals surface area (Å²) in [5.41, 5.74) is 0.702. The molecule has 2 amide bonds. The van der Waals surface area contributed by atoms with E-state index < -0.39 is 0 Å². The maximum atomic E-state index is 13.5. The molecular formula is C22H31N3O2. The van der Waals surface area contributed by atoms with Gasteiger partial charge in [0, 0.05) is 30.7 Å². The minimum Gasteiger partial charge on any atom is -0.339 e. The van der Waals surface area contributed by atoms with Crippen molar-refractivity contribution in [3.05, 3.63) is 35.9 Å². The first-order chi connectivity index (χ1) is 13.2. The topological polar surface area (TPSA) is 52.7 Å². The van der Waals surface area contributed by atoms with E-state index in [9.17, 15) is 9.59 Å². The predicted octanol–water partition coefficient (Wildman–Crippen LogP) is 2.67. The van der Waals surface area contributed by atoms with Crippen LogP contribution in [0.25, 0.3) is 0 Å². The molecule has 146 valence electrons. The van der Waals surface area contributed by atoms with Crippen LogP contribution in [0.2, 0.25) is 0 Å². The second-order valence-electron chi connectivity index (χ2n) is 8.35. The quantitative estimate of drug-likeness (QED) is 0.891. The Morgan fingerprint density at radius 2 is 1.81 bits per heavy atom. The molecule has 3 aliphatic rings. The zero-order valence-corrected chi connectivity index (χ0v) is 16.3. The zero-order valence-electron chi connectivity index (χ0n) is 16.3. The van der Waals surface area contributed by atoms with Crippen molar-refractivity contribution in [2.75, 3.05) is 20.1 Å². The van der Waals surface area contributed by atoms with E-state index in [1.54, 1.807) is 0 Å². The van der Waals surface area contributed by atoms with E-state index in [1.807, 2.05) is 47.2 Å². The van der Waals surface area contributed by atoms with Gasteiger partial charge in [0.15, 0.2) is 0 Å². The van der Waals surface area contributed by atoms with Gasteiger partial charge in [-0.05, 0) is 57.2 Å². The summed E-state index contributed by atoms with van der Waals surface area (Å²) in [6.07, 6.45) is 7.54. The lowest BCUT2D eigenvalue weighted by Gasteiger charge is -2.38. The number of likely N-dealkylation sites (tertiary alicyclic amines) is 2. The molecule has 0 bridgehead atoms. The molecule has 4 atom stereocenters. The molecule has 0 aromatic heterocycles. The number of likely N-dealkylation sites (N-methyl/N-ethyl adjacent to an activating group) is 1. The smallest absolute Gasteiger partial charge is 0.254 e. The number of nitrogens with one attached hydrogen (secondary N) is 1. The van der Waals surface area contributed by atoms with Crippen molar-refractivity contribution >= 4 is 11.8 Å². The third-order valence-corrected chi connectivity index (χ3v) is 6.77. The highest BCUT2D eigenvalue weighted by atomic mass is 16.2. The number of amides is 2. The Bertz CT molecular complexity index is 677. The monoisotopic (exact) mass is 369 g/mol. The lowest BCUT2D eigenvalue weighted by molar-refractivity contribution is -0.137. The maximum Gasteiger partial charge on any atom is 0.254 e. The maximum absolute atomic E-state index is 13.5. The fourth-order valence-corrected chi connectivity index (χ4v) is 5.33. The first kappa shape index (κ1) is 18.5. The molecule has 1 aromatic carbocycles. The van der Waals surface area contributed by atoms with Gasteiger partial charge in [0.05, 0.1) is 0 Å². The molecule has 4 unspecified atom stereocenters. The largest absolute Gasteiger partial charge is 0.339 e. The number of rotatable bonds is 3. The average Bonchev–Trinajstić information content (AvgIpc) is 3.13. The van der Waals surface area contributed by atoms with Gasteiger partial charge in [-0.3, -0.25) is 9.59 Å². The Morgan fingerprint density at radius 3 is 2.59 bits per heavy atom. The normalized spacial score (nSPS) is 30.9. The number of piperidine rings is 1. The summed E-state index contributed by atoms with van der Waals surface area (Å²) in [5.74, 6) is 0.671. The fraction of sp³-hybridized carbons (Fsp3) is 0.636. The van der Waals surface area contributed by atoms with Crippen LogP contribution in [0.1, 0.15) is 55.3 Å². The van der Waals surface area contributed by atoms with E-state index in [2.05, 4.69) is 5.32 Å². The van der Waals surface area contributed by atoms with Crippen LogP contribution in [0.4, 0.5) is 0 Å². The number of carbonyl (C=O) groups excluding carboxylic acids is 2. The van der Waals surface area contributed by atoms with Crippen LogP contribution in [0, 0.1) is 5.92 Å². The Balaban J connectivity index is 1.59. The first-order valence-corrected chi connectivity index (χ1v) is 10.5.